The lowest BCUT2D eigenvalue weighted by atomic mass is 10.1. The van der Waals surface area contributed by atoms with Crippen molar-refractivity contribution in [1.29, 1.82) is 0 Å². The smallest absolute Gasteiger partial charge is 0.267 e. The average Bonchev–Trinajstić information content (AvgIpc) is 3.02. The van der Waals surface area contributed by atoms with Crippen molar-refractivity contribution in [2.45, 2.75) is 13.3 Å². The van der Waals surface area contributed by atoms with Crippen molar-refractivity contribution in [2.75, 3.05) is 6.54 Å². The van der Waals surface area contributed by atoms with Crippen LogP contribution in [-0.2, 0) is 7.05 Å². The van der Waals surface area contributed by atoms with E-state index in [1.807, 2.05) is 42.9 Å². The van der Waals surface area contributed by atoms with Gasteiger partial charge in [-0.3, -0.25) is 9.78 Å². The summed E-state index contributed by atoms with van der Waals surface area (Å²) in [5.41, 5.74) is 3.27. The van der Waals surface area contributed by atoms with Crippen LogP contribution in [0.4, 0.5) is 0 Å². The summed E-state index contributed by atoms with van der Waals surface area (Å²) >= 11 is 0. The minimum Gasteiger partial charge on any atom is -0.351 e. The Morgan fingerprint density at radius 2 is 1.96 bits per heavy atom. The summed E-state index contributed by atoms with van der Waals surface area (Å²) in [6, 6.07) is 5.62. The fraction of sp³-hybridized carbons (Fsp3) is 0.222. The van der Waals surface area contributed by atoms with Gasteiger partial charge < -0.3 is 9.88 Å². The lowest BCUT2D eigenvalue weighted by Crippen LogP contribution is -2.25. The van der Waals surface area contributed by atoms with Gasteiger partial charge in [-0.15, -0.1) is 0 Å². The summed E-state index contributed by atoms with van der Waals surface area (Å²) in [6.45, 7) is 2.69. The topological polar surface area (TPSA) is 72.7 Å². The number of carbonyl (C=O) groups excluding carboxylic acids is 1. The van der Waals surface area contributed by atoms with Crippen LogP contribution in [0.1, 0.15) is 23.8 Å². The maximum atomic E-state index is 12.1. The molecule has 0 saturated carbocycles. The Labute approximate surface area is 140 Å². The van der Waals surface area contributed by atoms with E-state index < -0.39 is 0 Å². The summed E-state index contributed by atoms with van der Waals surface area (Å²) in [6.07, 6.45) is 9.79. The summed E-state index contributed by atoms with van der Waals surface area (Å²) in [4.78, 5) is 25.0. The van der Waals surface area contributed by atoms with Crippen molar-refractivity contribution in [2.24, 2.45) is 7.05 Å². The summed E-state index contributed by atoms with van der Waals surface area (Å²) in [7, 11) is 1.86. The third-order valence-electron chi connectivity index (χ3n) is 3.68. The highest BCUT2D eigenvalue weighted by atomic mass is 16.1. The van der Waals surface area contributed by atoms with Crippen molar-refractivity contribution in [3.63, 3.8) is 0 Å². The number of nitrogens with one attached hydrogen (secondary N) is 1. The molecule has 0 fully saturated rings. The molecule has 3 rings (SSSR count). The first kappa shape index (κ1) is 15.9. The second kappa shape index (κ2) is 7.04. The van der Waals surface area contributed by atoms with E-state index in [-0.39, 0.29) is 5.91 Å². The Kier molecular flexibility index (Phi) is 4.65. The molecule has 0 radical (unpaired) electrons. The number of carbonyl (C=O) groups is 1. The lowest BCUT2D eigenvalue weighted by molar-refractivity contribution is 0.0945. The number of rotatable bonds is 5. The molecule has 0 saturated heterocycles. The molecular weight excluding hydrogens is 302 g/mol. The van der Waals surface area contributed by atoms with Gasteiger partial charge in [0.05, 0.1) is 0 Å². The monoisotopic (exact) mass is 321 g/mol. The zero-order valence-electron chi connectivity index (χ0n) is 13.7. The van der Waals surface area contributed by atoms with Gasteiger partial charge >= 0.3 is 0 Å². The van der Waals surface area contributed by atoms with Crippen molar-refractivity contribution in [1.82, 2.24) is 24.8 Å². The van der Waals surface area contributed by atoms with Gasteiger partial charge in [0.15, 0.2) is 5.82 Å². The van der Waals surface area contributed by atoms with Crippen molar-refractivity contribution < 1.29 is 4.79 Å². The molecule has 24 heavy (non-hydrogen) atoms. The molecule has 122 valence electrons. The van der Waals surface area contributed by atoms with E-state index in [2.05, 4.69) is 20.3 Å². The molecule has 0 aliphatic rings. The van der Waals surface area contributed by atoms with Gasteiger partial charge in [-0.05, 0) is 24.6 Å². The van der Waals surface area contributed by atoms with Gasteiger partial charge in [0, 0.05) is 61.3 Å². The molecule has 1 amide bonds. The SMILES string of the molecule is CCCNC(=O)c1cc(-c2cnc(-c3cccnc3)nc2)cn1C. The largest absolute Gasteiger partial charge is 0.351 e. The quantitative estimate of drug-likeness (QED) is 0.784. The molecule has 0 bridgehead atoms. The first-order chi connectivity index (χ1) is 11.7. The highest BCUT2D eigenvalue weighted by Crippen LogP contribution is 2.22. The molecule has 6 heteroatoms. The Morgan fingerprint density at radius 1 is 1.17 bits per heavy atom. The summed E-state index contributed by atoms with van der Waals surface area (Å²) in [5.74, 6) is 0.558. The first-order valence-electron chi connectivity index (χ1n) is 7.86. The molecule has 0 atom stereocenters. The van der Waals surface area contributed by atoms with Crippen LogP contribution in [0.2, 0.25) is 0 Å². The molecule has 0 unspecified atom stereocenters. The van der Waals surface area contributed by atoms with Crippen LogP contribution in [-0.4, -0.2) is 32.0 Å². The molecule has 0 aromatic carbocycles. The predicted molar refractivity (Wildman–Crippen MR) is 92.3 cm³/mol. The maximum Gasteiger partial charge on any atom is 0.267 e. The molecule has 0 aliphatic heterocycles. The van der Waals surface area contributed by atoms with Crippen LogP contribution in [0.15, 0.2) is 49.2 Å². The molecule has 3 aromatic rings. The van der Waals surface area contributed by atoms with Gasteiger partial charge in [0.25, 0.3) is 5.91 Å². The highest BCUT2D eigenvalue weighted by molar-refractivity contribution is 5.94. The Morgan fingerprint density at radius 3 is 2.62 bits per heavy atom. The van der Waals surface area contributed by atoms with Gasteiger partial charge in [-0.1, -0.05) is 6.92 Å². The van der Waals surface area contributed by atoms with E-state index >= 15 is 0 Å². The number of aromatic nitrogens is 4. The average molecular weight is 321 g/mol. The molecule has 0 aliphatic carbocycles. The second-order valence-electron chi connectivity index (χ2n) is 5.52. The van der Waals surface area contributed by atoms with Crippen molar-refractivity contribution >= 4 is 5.91 Å². The molecule has 3 aromatic heterocycles. The standard InChI is InChI=1S/C18H19N5O/c1-3-6-20-18(24)16-8-14(12-23(16)2)15-10-21-17(22-11-15)13-5-4-7-19-9-13/h4-5,7-12H,3,6H2,1-2H3,(H,20,24). The lowest BCUT2D eigenvalue weighted by Gasteiger charge is -2.03. The van der Waals surface area contributed by atoms with Crippen LogP contribution in [0.5, 0.6) is 0 Å². The van der Waals surface area contributed by atoms with E-state index in [0.717, 1.165) is 23.1 Å². The minimum absolute atomic E-state index is 0.0708. The van der Waals surface area contributed by atoms with Gasteiger partial charge in [-0.2, -0.15) is 0 Å². The van der Waals surface area contributed by atoms with Crippen LogP contribution < -0.4 is 5.32 Å². The number of hydrogen-bond donors (Lipinski definition) is 1. The summed E-state index contributed by atoms with van der Waals surface area (Å²) < 4.78 is 1.81. The predicted octanol–water partition coefficient (Wildman–Crippen LogP) is 2.68. The minimum atomic E-state index is -0.0708. The van der Waals surface area contributed by atoms with Crippen LogP contribution in [0, 0.1) is 0 Å². The highest BCUT2D eigenvalue weighted by Gasteiger charge is 2.13. The number of hydrogen-bond acceptors (Lipinski definition) is 4. The zero-order chi connectivity index (χ0) is 16.9. The van der Waals surface area contributed by atoms with Gasteiger partial charge in [-0.25, -0.2) is 9.97 Å². The van der Waals surface area contributed by atoms with Gasteiger partial charge in [0.2, 0.25) is 0 Å². The van der Waals surface area contributed by atoms with E-state index in [1.54, 1.807) is 24.8 Å². The number of pyridine rings is 1. The number of aryl methyl sites for hydroxylation is 1. The van der Waals surface area contributed by atoms with E-state index in [4.69, 9.17) is 0 Å². The van der Waals surface area contributed by atoms with E-state index in [0.29, 0.717) is 18.1 Å². The molecule has 3 heterocycles. The Balaban J connectivity index is 1.83. The van der Waals surface area contributed by atoms with Crippen LogP contribution in [0.3, 0.4) is 0 Å². The van der Waals surface area contributed by atoms with Crippen LogP contribution >= 0.6 is 0 Å². The molecule has 6 nitrogen and oxygen atoms in total. The van der Waals surface area contributed by atoms with Crippen molar-refractivity contribution in [3.05, 3.63) is 54.9 Å². The maximum absolute atomic E-state index is 12.1. The zero-order valence-corrected chi connectivity index (χ0v) is 13.7. The second-order valence-corrected chi connectivity index (χ2v) is 5.52. The molecule has 1 N–H and O–H groups in total. The Bertz CT molecular complexity index is 824. The van der Waals surface area contributed by atoms with Crippen molar-refractivity contribution in [3.8, 4) is 22.5 Å². The number of nitrogens with zero attached hydrogens (tertiary/aromatic N) is 4. The third kappa shape index (κ3) is 3.32. The third-order valence-corrected chi connectivity index (χ3v) is 3.68. The fourth-order valence-corrected chi connectivity index (χ4v) is 2.40. The number of amides is 1. The summed E-state index contributed by atoms with van der Waals surface area (Å²) in [5, 5.41) is 2.89. The van der Waals surface area contributed by atoms with E-state index in [9.17, 15) is 4.79 Å². The van der Waals surface area contributed by atoms with Gasteiger partial charge in [0.1, 0.15) is 5.69 Å². The van der Waals surface area contributed by atoms with Crippen LogP contribution in [0.25, 0.3) is 22.5 Å². The van der Waals surface area contributed by atoms with E-state index in [1.165, 1.54) is 0 Å². The normalized spacial score (nSPS) is 10.6. The molecule has 0 spiro atoms. The first-order valence-corrected chi connectivity index (χ1v) is 7.86. The Hall–Kier alpha value is -3.02. The fourth-order valence-electron chi connectivity index (χ4n) is 2.40. The molecular formula is C18H19N5O.